The molecule has 1 aromatic rings. The summed E-state index contributed by atoms with van der Waals surface area (Å²) in [5.74, 6) is 0.369. The number of ketones is 1. The van der Waals surface area contributed by atoms with Gasteiger partial charge in [0, 0.05) is 12.8 Å². The Morgan fingerprint density at radius 3 is 2.80 bits per heavy atom. The Hall–Kier alpha value is -0.380. The average Bonchev–Trinajstić information content (AvgIpc) is 2.64. The van der Waals surface area contributed by atoms with Crippen molar-refractivity contribution in [1.29, 1.82) is 0 Å². The van der Waals surface area contributed by atoms with Gasteiger partial charge in [0.2, 0.25) is 0 Å². The molecule has 0 aromatic carbocycles. The fourth-order valence-corrected chi connectivity index (χ4v) is 2.61. The zero-order valence-corrected chi connectivity index (χ0v) is 9.94. The van der Waals surface area contributed by atoms with Crippen molar-refractivity contribution in [1.82, 2.24) is 0 Å². The van der Waals surface area contributed by atoms with Gasteiger partial charge in [-0.1, -0.05) is 11.6 Å². The fraction of sp³-hybridized carbons (Fsp3) is 0.545. The Morgan fingerprint density at radius 1 is 1.47 bits per heavy atom. The van der Waals surface area contributed by atoms with Crippen molar-refractivity contribution in [3.8, 4) is 0 Å². The molecule has 0 N–H and O–H groups in total. The first-order valence-electron chi connectivity index (χ1n) is 5.10. The third-order valence-electron chi connectivity index (χ3n) is 2.60. The van der Waals surface area contributed by atoms with E-state index in [-0.39, 0.29) is 6.10 Å². The molecule has 2 rings (SSSR count). The molecule has 0 aliphatic heterocycles. The van der Waals surface area contributed by atoms with Crippen molar-refractivity contribution in [2.75, 3.05) is 0 Å². The number of ether oxygens (including phenoxy) is 1. The molecule has 1 aliphatic carbocycles. The number of carbonyl (C=O) groups excluding carboxylic acids is 1. The topological polar surface area (TPSA) is 26.3 Å². The minimum Gasteiger partial charge on any atom is -0.373 e. The van der Waals surface area contributed by atoms with Crippen molar-refractivity contribution < 1.29 is 9.53 Å². The van der Waals surface area contributed by atoms with Crippen LogP contribution in [0.25, 0.3) is 0 Å². The largest absolute Gasteiger partial charge is 0.373 e. The third-order valence-corrected chi connectivity index (χ3v) is 3.74. The van der Waals surface area contributed by atoms with Gasteiger partial charge in [-0.05, 0) is 29.9 Å². The summed E-state index contributed by atoms with van der Waals surface area (Å²) >= 11 is 7.34. The standard InChI is InChI=1S/C11H13ClO2S/c12-11-5-8(7-15-11)6-14-10-3-1-9(13)2-4-10/h5,7,10H,1-4,6H2. The van der Waals surface area contributed by atoms with Crippen LogP contribution in [0, 0.1) is 0 Å². The normalized spacial score (nSPS) is 18.3. The van der Waals surface area contributed by atoms with Crippen molar-refractivity contribution in [3.05, 3.63) is 21.3 Å². The van der Waals surface area contributed by atoms with E-state index in [2.05, 4.69) is 0 Å². The summed E-state index contributed by atoms with van der Waals surface area (Å²) in [7, 11) is 0. The maximum atomic E-state index is 11.0. The van der Waals surface area contributed by atoms with Gasteiger partial charge in [0.15, 0.2) is 0 Å². The number of halogens is 1. The lowest BCUT2D eigenvalue weighted by molar-refractivity contribution is -0.123. The van der Waals surface area contributed by atoms with E-state index < -0.39 is 0 Å². The summed E-state index contributed by atoms with van der Waals surface area (Å²) in [5, 5.41) is 2.01. The van der Waals surface area contributed by atoms with Crippen molar-refractivity contribution >= 4 is 28.7 Å². The quantitative estimate of drug-likeness (QED) is 0.814. The van der Waals surface area contributed by atoms with E-state index in [4.69, 9.17) is 16.3 Å². The van der Waals surface area contributed by atoms with Gasteiger partial charge in [-0.2, -0.15) is 0 Å². The second-order valence-corrected chi connectivity index (χ2v) is 5.35. The van der Waals surface area contributed by atoms with Crippen LogP contribution in [-0.2, 0) is 16.1 Å². The molecule has 0 spiro atoms. The second-order valence-electron chi connectivity index (χ2n) is 3.81. The first kappa shape index (κ1) is 11.1. The summed E-state index contributed by atoms with van der Waals surface area (Å²) < 4.78 is 6.52. The van der Waals surface area contributed by atoms with Crippen LogP contribution in [0.15, 0.2) is 11.4 Å². The number of Topliss-reactive ketones (excluding diaryl/α,β-unsaturated/α-hetero) is 1. The average molecular weight is 245 g/mol. The fourth-order valence-electron chi connectivity index (χ4n) is 1.72. The van der Waals surface area contributed by atoms with Crippen LogP contribution >= 0.6 is 22.9 Å². The van der Waals surface area contributed by atoms with Gasteiger partial charge >= 0.3 is 0 Å². The number of thiophene rings is 1. The van der Waals surface area contributed by atoms with Crippen molar-refractivity contribution in [3.63, 3.8) is 0 Å². The van der Waals surface area contributed by atoms with Gasteiger partial charge in [-0.25, -0.2) is 0 Å². The Bertz CT molecular complexity index is 338. The lowest BCUT2D eigenvalue weighted by Gasteiger charge is -2.20. The number of carbonyl (C=O) groups is 1. The Balaban J connectivity index is 1.76. The monoisotopic (exact) mass is 244 g/mol. The van der Waals surface area contributed by atoms with Crippen molar-refractivity contribution in [2.24, 2.45) is 0 Å². The Kier molecular flexibility index (Phi) is 3.78. The highest BCUT2D eigenvalue weighted by Crippen LogP contribution is 2.23. The van der Waals surface area contributed by atoms with Crippen LogP contribution in [0.4, 0.5) is 0 Å². The maximum Gasteiger partial charge on any atom is 0.133 e. The molecular weight excluding hydrogens is 232 g/mol. The molecule has 1 aromatic heterocycles. The minimum absolute atomic E-state index is 0.251. The molecule has 0 radical (unpaired) electrons. The van der Waals surface area contributed by atoms with E-state index >= 15 is 0 Å². The summed E-state index contributed by atoms with van der Waals surface area (Å²) in [4.78, 5) is 11.0. The Labute approximate surface area is 98.2 Å². The van der Waals surface area contributed by atoms with Gasteiger partial charge < -0.3 is 4.74 Å². The van der Waals surface area contributed by atoms with E-state index in [1.165, 1.54) is 11.3 Å². The number of hydrogen-bond donors (Lipinski definition) is 0. The molecule has 15 heavy (non-hydrogen) atoms. The van der Waals surface area contributed by atoms with Gasteiger partial charge in [0.1, 0.15) is 5.78 Å². The highest BCUT2D eigenvalue weighted by atomic mass is 35.5. The first-order chi connectivity index (χ1) is 7.24. The number of rotatable bonds is 3. The minimum atomic E-state index is 0.251. The molecule has 1 saturated carbocycles. The summed E-state index contributed by atoms with van der Waals surface area (Å²) in [5.41, 5.74) is 1.13. The second kappa shape index (κ2) is 5.10. The molecule has 0 saturated heterocycles. The third kappa shape index (κ3) is 3.30. The van der Waals surface area contributed by atoms with Gasteiger partial charge in [-0.15, -0.1) is 11.3 Å². The molecule has 1 aliphatic rings. The smallest absolute Gasteiger partial charge is 0.133 e. The highest BCUT2D eigenvalue weighted by molar-refractivity contribution is 7.14. The maximum absolute atomic E-state index is 11.0. The molecule has 2 nitrogen and oxygen atoms in total. The zero-order chi connectivity index (χ0) is 10.7. The molecule has 82 valence electrons. The van der Waals surface area contributed by atoms with Crippen LogP contribution in [0.5, 0.6) is 0 Å². The molecule has 4 heteroatoms. The highest BCUT2D eigenvalue weighted by Gasteiger charge is 2.18. The molecule has 0 unspecified atom stereocenters. The molecule has 1 heterocycles. The predicted molar refractivity (Wildman–Crippen MR) is 61.4 cm³/mol. The van der Waals surface area contributed by atoms with E-state index in [1.54, 1.807) is 0 Å². The predicted octanol–water partition coefficient (Wildman–Crippen LogP) is 3.43. The van der Waals surface area contributed by atoms with Gasteiger partial charge in [0.05, 0.1) is 17.0 Å². The first-order valence-corrected chi connectivity index (χ1v) is 6.36. The molecule has 0 amide bonds. The summed E-state index contributed by atoms with van der Waals surface area (Å²) in [6, 6.07) is 1.93. The van der Waals surface area contributed by atoms with E-state index in [1.807, 2.05) is 11.4 Å². The van der Waals surface area contributed by atoms with Crippen LogP contribution in [-0.4, -0.2) is 11.9 Å². The van der Waals surface area contributed by atoms with E-state index in [0.29, 0.717) is 25.2 Å². The molecular formula is C11H13ClO2S. The summed E-state index contributed by atoms with van der Waals surface area (Å²) in [6.07, 6.45) is 3.35. The SMILES string of the molecule is O=C1CCC(OCc2csc(Cl)c2)CC1. The van der Waals surface area contributed by atoms with Gasteiger partial charge in [0.25, 0.3) is 0 Å². The van der Waals surface area contributed by atoms with E-state index in [0.717, 1.165) is 22.7 Å². The van der Waals surface area contributed by atoms with E-state index in [9.17, 15) is 4.79 Å². The van der Waals surface area contributed by atoms with Crippen LogP contribution in [0.3, 0.4) is 0 Å². The molecule has 0 bridgehead atoms. The van der Waals surface area contributed by atoms with Crippen LogP contribution in [0.2, 0.25) is 4.34 Å². The number of hydrogen-bond acceptors (Lipinski definition) is 3. The van der Waals surface area contributed by atoms with Crippen LogP contribution in [0.1, 0.15) is 31.2 Å². The summed E-state index contributed by atoms with van der Waals surface area (Å²) in [6.45, 7) is 0.613. The molecule has 0 atom stereocenters. The van der Waals surface area contributed by atoms with Crippen LogP contribution < -0.4 is 0 Å². The lowest BCUT2D eigenvalue weighted by atomic mass is 9.96. The van der Waals surface area contributed by atoms with Gasteiger partial charge in [-0.3, -0.25) is 4.79 Å². The molecule has 1 fully saturated rings. The zero-order valence-electron chi connectivity index (χ0n) is 8.37. The Morgan fingerprint density at radius 2 is 2.20 bits per heavy atom. The van der Waals surface area contributed by atoms with Crippen molar-refractivity contribution in [2.45, 2.75) is 38.4 Å². The lowest BCUT2D eigenvalue weighted by Crippen LogP contribution is -2.21.